The van der Waals surface area contributed by atoms with Gasteiger partial charge in [-0.15, -0.1) is 0 Å². The van der Waals surface area contributed by atoms with Crippen LogP contribution in [0.1, 0.15) is 12.5 Å². The lowest BCUT2D eigenvalue weighted by molar-refractivity contribution is 0.122. The molecule has 0 aliphatic carbocycles. The molecule has 0 radical (unpaired) electrons. The van der Waals surface area contributed by atoms with E-state index in [-0.39, 0.29) is 12.6 Å². The van der Waals surface area contributed by atoms with Crippen LogP contribution in [0.4, 0.5) is 29.2 Å². The Morgan fingerprint density at radius 1 is 1.08 bits per heavy atom. The SMILES string of the molecule is COc1cc(CO)cc(Nc2nc(NC(C)CNc3ccnc4cc(Cl)ccc34)nc(N3CCOCC3)n2)c1. The average Bonchev–Trinajstić information content (AvgIpc) is 2.96. The average molecular weight is 551 g/mol. The van der Waals surface area contributed by atoms with Gasteiger partial charge in [0.2, 0.25) is 17.8 Å². The standard InChI is InChI=1S/C27H31ClN8O3/c1-17(15-30-23-5-6-29-24-13-19(28)3-4-22(23)24)31-25-33-26(35-27(34-25)36-7-9-39-10-8-36)32-20-11-18(16-37)12-21(14-20)38-2/h3-6,11-14,17,37H,7-10,15-16H2,1-2H3,(H,29,30)(H2,31,32,33,34,35). The molecule has 1 aliphatic heterocycles. The number of methoxy groups -OCH3 is 1. The van der Waals surface area contributed by atoms with E-state index in [1.165, 1.54) is 0 Å². The van der Waals surface area contributed by atoms with Gasteiger partial charge in [-0.1, -0.05) is 11.6 Å². The number of hydrogen-bond donors (Lipinski definition) is 4. The van der Waals surface area contributed by atoms with Crippen LogP contribution in [0.15, 0.2) is 48.7 Å². The first-order valence-electron chi connectivity index (χ1n) is 12.7. The molecule has 0 amide bonds. The molecule has 2 aromatic carbocycles. The smallest absolute Gasteiger partial charge is 0.233 e. The molecule has 1 unspecified atom stereocenters. The first-order valence-corrected chi connectivity index (χ1v) is 13.1. The summed E-state index contributed by atoms with van der Waals surface area (Å²) < 4.78 is 10.9. The van der Waals surface area contributed by atoms with Crippen LogP contribution in [0.2, 0.25) is 5.02 Å². The predicted octanol–water partition coefficient (Wildman–Crippen LogP) is 4.07. The molecule has 1 aliphatic rings. The third kappa shape index (κ3) is 6.75. The molecule has 1 atom stereocenters. The fourth-order valence-electron chi connectivity index (χ4n) is 4.27. The molecular formula is C27H31ClN8O3. The van der Waals surface area contributed by atoms with Gasteiger partial charge in [0, 0.05) is 59.7 Å². The zero-order valence-electron chi connectivity index (χ0n) is 21.8. The zero-order valence-corrected chi connectivity index (χ0v) is 22.6. The lowest BCUT2D eigenvalue weighted by Gasteiger charge is -2.27. The minimum absolute atomic E-state index is 0.0221. The van der Waals surface area contributed by atoms with Gasteiger partial charge in [-0.05, 0) is 48.9 Å². The minimum atomic E-state index is -0.112. The Balaban J connectivity index is 1.35. The number of aliphatic hydroxyl groups excluding tert-OH is 1. The fraction of sp³-hybridized carbons (Fsp3) is 0.333. The normalized spacial score (nSPS) is 14.2. The second-order valence-electron chi connectivity index (χ2n) is 9.18. The van der Waals surface area contributed by atoms with E-state index in [1.807, 2.05) is 43.3 Å². The summed E-state index contributed by atoms with van der Waals surface area (Å²) in [5.74, 6) is 2.00. The van der Waals surface area contributed by atoms with Crippen LogP contribution in [0.5, 0.6) is 5.75 Å². The van der Waals surface area contributed by atoms with Crippen LogP contribution >= 0.6 is 11.6 Å². The largest absolute Gasteiger partial charge is 0.497 e. The molecule has 5 rings (SSSR count). The van der Waals surface area contributed by atoms with Crippen molar-refractivity contribution < 1.29 is 14.6 Å². The molecule has 0 bridgehead atoms. The van der Waals surface area contributed by atoms with Gasteiger partial charge in [0.15, 0.2) is 0 Å². The Morgan fingerprint density at radius 3 is 2.69 bits per heavy atom. The molecule has 2 aromatic heterocycles. The van der Waals surface area contributed by atoms with E-state index in [4.69, 9.17) is 26.1 Å². The van der Waals surface area contributed by atoms with Crippen molar-refractivity contribution in [1.82, 2.24) is 19.9 Å². The number of pyridine rings is 1. The molecule has 4 N–H and O–H groups in total. The van der Waals surface area contributed by atoms with Crippen molar-refractivity contribution in [1.29, 1.82) is 0 Å². The molecule has 39 heavy (non-hydrogen) atoms. The molecule has 11 nitrogen and oxygen atoms in total. The van der Waals surface area contributed by atoms with Crippen molar-refractivity contribution in [2.45, 2.75) is 19.6 Å². The van der Waals surface area contributed by atoms with E-state index in [9.17, 15) is 5.11 Å². The molecule has 1 saturated heterocycles. The Kier molecular flexibility index (Phi) is 8.40. The summed E-state index contributed by atoms with van der Waals surface area (Å²) in [6, 6.07) is 13.0. The summed E-state index contributed by atoms with van der Waals surface area (Å²) >= 11 is 6.13. The monoisotopic (exact) mass is 550 g/mol. The van der Waals surface area contributed by atoms with Crippen molar-refractivity contribution in [3.05, 3.63) is 59.2 Å². The summed E-state index contributed by atoms with van der Waals surface area (Å²) in [6.45, 7) is 5.14. The molecule has 204 valence electrons. The lowest BCUT2D eigenvalue weighted by Crippen LogP contribution is -2.37. The van der Waals surface area contributed by atoms with Crippen molar-refractivity contribution in [3.8, 4) is 5.75 Å². The third-order valence-corrected chi connectivity index (χ3v) is 6.47. The van der Waals surface area contributed by atoms with Crippen LogP contribution in [0, 0.1) is 0 Å². The Hall–Kier alpha value is -3.93. The summed E-state index contributed by atoms with van der Waals surface area (Å²) in [6.07, 6.45) is 1.76. The van der Waals surface area contributed by atoms with E-state index in [1.54, 1.807) is 19.4 Å². The first kappa shape index (κ1) is 26.7. The van der Waals surface area contributed by atoms with Crippen LogP contribution in [0.25, 0.3) is 10.9 Å². The number of anilines is 5. The van der Waals surface area contributed by atoms with Gasteiger partial charge in [0.1, 0.15) is 5.75 Å². The van der Waals surface area contributed by atoms with Gasteiger partial charge >= 0.3 is 0 Å². The van der Waals surface area contributed by atoms with Gasteiger partial charge in [-0.3, -0.25) is 4.98 Å². The van der Waals surface area contributed by atoms with Gasteiger partial charge < -0.3 is 35.4 Å². The Morgan fingerprint density at radius 2 is 1.90 bits per heavy atom. The second-order valence-corrected chi connectivity index (χ2v) is 9.62. The van der Waals surface area contributed by atoms with E-state index >= 15 is 0 Å². The molecule has 3 heterocycles. The minimum Gasteiger partial charge on any atom is -0.497 e. The van der Waals surface area contributed by atoms with Crippen molar-refractivity contribution in [2.24, 2.45) is 0 Å². The van der Waals surface area contributed by atoms with Crippen molar-refractivity contribution in [2.75, 3.05) is 60.8 Å². The number of nitrogens with one attached hydrogen (secondary N) is 3. The number of benzene rings is 2. The number of halogens is 1. The lowest BCUT2D eigenvalue weighted by atomic mass is 10.2. The Bertz CT molecular complexity index is 1410. The highest BCUT2D eigenvalue weighted by molar-refractivity contribution is 6.31. The highest BCUT2D eigenvalue weighted by Gasteiger charge is 2.18. The summed E-state index contributed by atoms with van der Waals surface area (Å²) in [5, 5.41) is 21.4. The number of aromatic nitrogens is 4. The van der Waals surface area contributed by atoms with Crippen LogP contribution in [0.3, 0.4) is 0 Å². The second kappa shape index (κ2) is 12.3. The maximum Gasteiger partial charge on any atom is 0.233 e. The topological polar surface area (TPSA) is 130 Å². The molecule has 4 aromatic rings. The fourth-order valence-corrected chi connectivity index (χ4v) is 4.44. The summed E-state index contributed by atoms with van der Waals surface area (Å²) in [5.41, 5.74) is 3.21. The van der Waals surface area contributed by atoms with E-state index in [0.717, 1.165) is 16.6 Å². The van der Waals surface area contributed by atoms with Crippen LogP contribution < -0.4 is 25.6 Å². The van der Waals surface area contributed by atoms with E-state index in [2.05, 4.69) is 35.8 Å². The van der Waals surface area contributed by atoms with E-state index < -0.39 is 0 Å². The molecule has 12 heteroatoms. The van der Waals surface area contributed by atoms with Gasteiger partial charge in [-0.2, -0.15) is 15.0 Å². The van der Waals surface area contributed by atoms with E-state index in [0.29, 0.717) is 72.7 Å². The summed E-state index contributed by atoms with van der Waals surface area (Å²) in [4.78, 5) is 20.5. The van der Waals surface area contributed by atoms with Gasteiger partial charge in [0.25, 0.3) is 0 Å². The van der Waals surface area contributed by atoms with Crippen LogP contribution in [-0.4, -0.2) is 71.0 Å². The number of fused-ring (bicyclic) bond motifs is 1. The number of ether oxygens (including phenoxy) is 2. The van der Waals surface area contributed by atoms with Gasteiger partial charge in [-0.25, -0.2) is 0 Å². The van der Waals surface area contributed by atoms with Gasteiger partial charge in [0.05, 0.1) is 32.4 Å². The molecular weight excluding hydrogens is 520 g/mol. The highest BCUT2D eigenvalue weighted by Crippen LogP contribution is 2.26. The highest BCUT2D eigenvalue weighted by atomic mass is 35.5. The number of rotatable bonds is 10. The predicted molar refractivity (Wildman–Crippen MR) is 153 cm³/mol. The number of hydrogen-bond acceptors (Lipinski definition) is 11. The van der Waals surface area contributed by atoms with Crippen molar-refractivity contribution in [3.63, 3.8) is 0 Å². The zero-order chi connectivity index (χ0) is 27.2. The quantitative estimate of drug-likeness (QED) is 0.228. The molecule has 0 spiro atoms. The number of aliphatic hydroxyl groups is 1. The maximum absolute atomic E-state index is 9.64. The first-order chi connectivity index (χ1) is 19.0. The Labute approximate surface area is 231 Å². The number of morpholine rings is 1. The maximum atomic E-state index is 9.64. The van der Waals surface area contributed by atoms with Crippen LogP contribution in [-0.2, 0) is 11.3 Å². The molecule has 1 fully saturated rings. The summed E-state index contributed by atoms with van der Waals surface area (Å²) in [7, 11) is 1.58. The third-order valence-electron chi connectivity index (χ3n) is 6.24. The van der Waals surface area contributed by atoms with Crippen molar-refractivity contribution >= 4 is 51.7 Å². The number of nitrogens with zero attached hydrogens (tertiary/aromatic N) is 5. The molecule has 0 saturated carbocycles.